The highest BCUT2D eigenvalue weighted by Gasteiger charge is 2.13. The molecule has 4 heteroatoms. The van der Waals surface area contributed by atoms with Gasteiger partial charge in [-0.05, 0) is 65.0 Å². The van der Waals surface area contributed by atoms with E-state index in [0.717, 1.165) is 39.3 Å². The lowest BCUT2D eigenvalue weighted by Crippen LogP contribution is -2.38. The number of nitrogens with zero attached hydrogens (tertiary/aromatic N) is 4. The van der Waals surface area contributed by atoms with E-state index in [1.165, 1.54) is 25.9 Å². The molecule has 0 aromatic heterocycles. The number of rotatable bonds is 13. The van der Waals surface area contributed by atoms with Gasteiger partial charge in [-0.2, -0.15) is 0 Å². The molecule has 0 aromatic carbocycles. The van der Waals surface area contributed by atoms with Crippen LogP contribution in [0, 0.1) is 10.8 Å². The Balaban J connectivity index is 3.79. The van der Waals surface area contributed by atoms with Crippen LogP contribution < -0.4 is 0 Å². The summed E-state index contributed by atoms with van der Waals surface area (Å²) in [4.78, 5) is 9.87. The van der Waals surface area contributed by atoms with Crippen LogP contribution in [-0.2, 0) is 0 Å². The van der Waals surface area contributed by atoms with Crippen molar-refractivity contribution in [1.82, 2.24) is 19.6 Å². The molecule has 0 spiro atoms. The zero-order valence-corrected chi connectivity index (χ0v) is 19.9. The summed E-state index contributed by atoms with van der Waals surface area (Å²) in [5.74, 6) is 0. The van der Waals surface area contributed by atoms with E-state index in [0.29, 0.717) is 10.8 Å². The Kier molecular flexibility index (Phi) is 12.3. The fraction of sp³-hybridized carbons (Fsp3) is 1.00. The van der Waals surface area contributed by atoms with E-state index in [9.17, 15) is 0 Å². The maximum Gasteiger partial charge on any atom is 0.0107 e. The average molecular weight is 371 g/mol. The Bertz CT molecular complexity index is 309. The predicted molar refractivity (Wildman–Crippen MR) is 118 cm³/mol. The summed E-state index contributed by atoms with van der Waals surface area (Å²) >= 11 is 0. The van der Waals surface area contributed by atoms with Gasteiger partial charge in [0.2, 0.25) is 0 Å². The fourth-order valence-corrected chi connectivity index (χ4v) is 2.52. The number of likely N-dealkylation sites (N-methyl/N-ethyl adjacent to an activating group) is 4. The third-order valence-corrected chi connectivity index (χ3v) is 5.08. The van der Waals surface area contributed by atoms with E-state index in [1.54, 1.807) is 0 Å². The third kappa shape index (κ3) is 17.3. The summed E-state index contributed by atoms with van der Waals surface area (Å²) in [6.07, 6.45) is 2.53. The smallest absolute Gasteiger partial charge is 0.0107 e. The minimum Gasteiger partial charge on any atom is -0.305 e. The van der Waals surface area contributed by atoms with Crippen LogP contribution in [0.2, 0.25) is 0 Å². The van der Waals surface area contributed by atoms with E-state index >= 15 is 0 Å². The van der Waals surface area contributed by atoms with Gasteiger partial charge in [0.1, 0.15) is 0 Å². The van der Waals surface area contributed by atoms with Crippen LogP contribution in [0.5, 0.6) is 0 Å². The van der Waals surface area contributed by atoms with Gasteiger partial charge in [-0.15, -0.1) is 0 Å². The number of hydrogen-bond acceptors (Lipinski definition) is 4. The van der Waals surface area contributed by atoms with Crippen LogP contribution >= 0.6 is 0 Å². The Morgan fingerprint density at radius 1 is 0.385 bits per heavy atom. The molecule has 0 radical (unpaired) electrons. The molecule has 0 rings (SSSR count). The maximum absolute atomic E-state index is 2.47. The minimum atomic E-state index is 0.433. The van der Waals surface area contributed by atoms with E-state index < -0.39 is 0 Å². The van der Waals surface area contributed by atoms with Crippen LogP contribution in [0.1, 0.15) is 54.4 Å². The molecule has 0 aliphatic carbocycles. The van der Waals surface area contributed by atoms with Crippen LogP contribution in [0.4, 0.5) is 0 Å². The predicted octanol–water partition coefficient (Wildman–Crippen LogP) is 3.59. The molecule has 0 fully saturated rings. The van der Waals surface area contributed by atoms with Gasteiger partial charge in [-0.1, -0.05) is 41.5 Å². The van der Waals surface area contributed by atoms with E-state index in [4.69, 9.17) is 0 Å². The van der Waals surface area contributed by atoms with E-state index in [2.05, 4.69) is 89.3 Å². The number of hydrogen-bond donors (Lipinski definition) is 0. The summed E-state index contributed by atoms with van der Waals surface area (Å²) in [5.41, 5.74) is 0.867. The maximum atomic E-state index is 2.47. The van der Waals surface area contributed by atoms with E-state index in [1.807, 2.05) is 0 Å². The molecule has 0 saturated carbocycles. The fourth-order valence-electron chi connectivity index (χ4n) is 2.52. The highest BCUT2D eigenvalue weighted by molar-refractivity contribution is 4.67. The van der Waals surface area contributed by atoms with Crippen LogP contribution in [-0.4, -0.2) is 100 Å². The van der Waals surface area contributed by atoms with Crippen molar-refractivity contribution >= 4 is 0 Å². The summed E-state index contributed by atoms with van der Waals surface area (Å²) in [6.45, 7) is 23.2. The molecule has 0 aliphatic heterocycles. The lowest BCUT2D eigenvalue weighted by Gasteiger charge is -2.28. The second kappa shape index (κ2) is 12.3. The van der Waals surface area contributed by atoms with Crippen molar-refractivity contribution in [3.8, 4) is 0 Å². The molecule has 26 heavy (non-hydrogen) atoms. The first-order valence-corrected chi connectivity index (χ1v) is 10.5. The van der Waals surface area contributed by atoms with Crippen molar-refractivity contribution in [3.63, 3.8) is 0 Å². The van der Waals surface area contributed by atoms with Crippen molar-refractivity contribution in [1.29, 1.82) is 0 Å². The molecule has 0 amide bonds. The Labute approximate surface area is 165 Å². The second-order valence-electron chi connectivity index (χ2n) is 10.8. The van der Waals surface area contributed by atoms with Crippen LogP contribution in [0.3, 0.4) is 0 Å². The molecular formula is C22H50N4. The van der Waals surface area contributed by atoms with Crippen molar-refractivity contribution in [3.05, 3.63) is 0 Å². The monoisotopic (exact) mass is 370 g/mol. The molecule has 0 aliphatic rings. The first-order valence-electron chi connectivity index (χ1n) is 10.5. The van der Waals surface area contributed by atoms with Gasteiger partial charge in [0.25, 0.3) is 0 Å². The van der Waals surface area contributed by atoms with E-state index in [-0.39, 0.29) is 0 Å². The van der Waals surface area contributed by atoms with Crippen LogP contribution in [0.15, 0.2) is 0 Å². The normalized spacial score (nSPS) is 13.6. The third-order valence-electron chi connectivity index (χ3n) is 5.08. The molecule has 0 bridgehead atoms. The van der Waals surface area contributed by atoms with Gasteiger partial charge in [0.15, 0.2) is 0 Å². The Morgan fingerprint density at radius 3 is 0.769 bits per heavy atom. The largest absolute Gasteiger partial charge is 0.305 e. The Morgan fingerprint density at radius 2 is 0.577 bits per heavy atom. The van der Waals surface area contributed by atoms with Crippen molar-refractivity contribution in [2.45, 2.75) is 54.4 Å². The molecule has 4 nitrogen and oxygen atoms in total. The first-order chi connectivity index (χ1) is 11.8. The quantitative estimate of drug-likeness (QED) is 0.491. The highest BCUT2D eigenvalue weighted by Crippen LogP contribution is 2.18. The van der Waals surface area contributed by atoms with Crippen molar-refractivity contribution < 1.29 is 0 Å². The van der Waals surface area contributed by atoms with Crippen molar-refractivity contribution in [2.24, 2.45) is 10.8 Å². The minimum absolute atomic E-state index is 0.433. The molecule has 158 valence electrons. The van der Waals surface area contributed by atoms with Crippen LogP contribution in [0.25, 0.3) is 0 Å². The Hall–Kier alpha value is -0.160. The zero-order valence-electron chi connectivity index (χ0n) is 19.9. The average Bonchev–Trinajstić information content (AvgIpc) is 2.50. The molecule has 0 atom stereocenters. The lowest BCUT2D eigenvalue weighted by atomic mass is 9.92. The highest BCUT2D eigenvalue weighted by atomic mass is 15.2. The molecule has 0 N–H and O–H groups in total. The molecule has 0 heterocycles. The van der Waals surface area contributed by atoms with Gasteiger partial charge in [-0.3, -0.25) is 0 Å². The topological polar surface area (TPSA) is 13.0 Å². The summed E-state index contributed by atoms with van der Waals surface area (Å²) in [7, 11) is 9.00. The van der Waals surface area contributed by atoms with Gasteiger partial charge in [0, 0.05) is 39.3 Å². The summed E-state index contributed by atoms with van der Waals surface area (Å²) < 4.78 is 0. The summed E-state index contributed by atoms with van der Waals surface area (Å²) in [5, 5.41) is 0. The van der Waals surface area contributed by atoms with Gasteiger partial charge >= 0.3 is 0 Å². The zero-order chi connectivity index (χ0) is 20.4. The van der Waals surface area contributed by atoms with Gasteiger partial charge in [0.05, 0.1) is 0 Å². The second-order valence-corrected chi connectivity index (χ2v) is 10.8. The summed E-state index contributed by atoms with van der Waals surface area (Å²) in [6, 6.07) is 0. The molecule has 0 saturated heterocycles. The van der Waals surface area contributed by atoms with Gasteiger partial charge in [-0.25, -0.2) is 0 Å². The molecular weight excluding hydrogens is 320 g/mol. The standard InChI is InChI=1S/C22H50N4/c1-21(2,3)11-13-23(7)15-17-25(9)19-20-26(10)18-16-24(8)14-12-22(4,5)6/h11-20H2,1-10H3. The van der Waals surface area contributed by atoms with Crippen molar-refractivity contribution in [2.75, 3.05) is 80.5 Å². The molecule has 0 unspecified atom stereocenters. The first kappa shape index (κ1) is 25.8. The lowest BCUT2D eigenvalue weighted by molar-refractivity contribution is 0.197. The SMILES string of the molecule is CN(CCN(C)CCN(C)CCC(C)(C)C)CCN(C)CCC(C)(C)C. The van der Waals surface area contributed by atoms with Gasteiger partial charge < -0.3 is 19.6 Å². The molecule has 0 aromatic rings.